The van der Waals surface area contributed by atoms with Crippen LogP contribution in [0.3, 0.4) is 0 Å². The predicted octanol–water partition coefficient (Wildman–Crippen LogP) is 6.22. The zero-order valence-corrected chi connectivity index (χ0v) is 16.7. The number of thioether (sulfide) groups is 1. The summed E-state index contributed by atoms with van der Waals surface area (Å²) in [5, 5.41) is -0.221. The van der Waals surface area contributed by atoms with Gasteiger partial charge >= 0.3 is 0 Å². The SMILES string of the molecule is C=C.CC.Cc1ccc(-c2ccc(/C=C3\SC(=O)N(C)C3=O)s2)cc1. The Bertz CT molecular complexity index is 760. The molecule has 3 rings (SSSR count). The highest BCUT2D eigenvalue weighted by molar-refractivity contribution is 8.18. The first-order chi connectivity index (χ1) is 12.0. The Balaban J connectivity index is 0.000000730. The van der Waals surface area contributed by atoms with Gasteiger partial charge in [0.15, 0.2) is 0 Å². The third kappa shape index (κ3) is 5.18. The summed E-state index contributed by atoms with van der Waals surface area (Å²) in [5.74, 6) is -0.227. The standard InChI is InChI=1S/C16H13NO2S2.C2H6.C2H4/c1-10-3-5-11(6-4-10)13-8-7-12(20-13)9-14-15(18)17(2)16(19)21-14;2*1-2/h3-9H,1-2H3;1-2H3;1-2H2/b14-9-;;. The second-order valence-corrected chi connectivity index (χ2v) is 6.92. The second kappa shape index (κ2) is 10.0. The van der Waals surface area contributed by atoms with Crippen molar-refractivity contribution in [1.29, 1.82) is 0 Å². The highest BCUT2D eigenvalue weighted by atomic mass is 32.2. The molecule has 2 aromatic rings. The summed E-state index contributed by atoms with van der Waals surface area (Å²) in [6.45, 7) is 12.1. The van der Waals surface area contributed by atoms with Crippen molar-refractivity contribution < 1.29 is 9.59 Å². The van der Waals surface area contributed by atoms with Gasteiger partial charge < -0.3 is 0 Å². The number of rotatable bonds is 2. The van der Waals surface area contributed by atoms with Gasteiger partial charge in [-0.3, -0.25) is 14.5 Å². The van der Waals surface area contributed by atoms with Gasteiger partial charge in [0.25, 0.3) is 11.1 Å². The number of aryl methyl sites for hydroxylation is 1. The quantitative estimate of drug-likeness (QED) is 0.463. The van der Waals surface area contributed by atoms with Crippen molar-refractivity contribution in [2.24, 2.45) is 0 Å². The van der Waals surface area contributed by atoms with Crippen LogP contribution >= 0.6 is 23.1 Å². The minimum absolute atomic E-state index is 0.221. The maximum atomic E-state index is 11.9. The lowest BCUT2D eigenvalue weighted by Gasteiger charge is -2.00. The van der Waals surface area contributed by atoms with Crippen LogP contribution in [0.25, 0.3) is 16.5 Å². The molecule has 0 bridgehead atoms. The Morgan fingerprint density at radius 3 is 2.12 bits per heavy atom. The van der Waals surface area contributed by atoms with Crippen molar-refractivity contribution in [3.05, 3.63) is 64.9 Å². The molecule has 1 aromatic heterocycles. The fraction of sp³-hybridized carbons (Fsp3) is 0.200. The lowest BCUT2D eigenvalue weighted by molar-refractivity contribution is -0.121. The lowest BCUT2D eigenvalue weighted by Crippen LogP contribution is -2.22. The van der Waals surface area contributed by atoms with Gasteiger partial charge in [-0.1, -0.05) is 43.7 Å². The fourth-order valence-electron chi connectivity index (χ4n) is 1.98. The predicted molar refractivity (Wildman–Crippen MR) is 111 cm³/mol. The molecule has 0 unspecified atom stereocenters. The second-order valence-electron chi connectivity index (χ2n) is 4.81. The molecule has 1 saturated heterocycles. The number of imide groups is 1. The summed E-state index contributed by atoms with van der Waals surface area (Å²) >= 11 is 2.60. The molecule has 132 valence electrons. The van der Waals surface area contributed by atoms with E-state index in [2.05, 4.69) is 44.3 Å². The van der Waals surface area contributed by atoms with E-state index in [1.165, 1.54) is 12.6 Å². The van der Waals surface area contributed by atoms with Crippen LogP contribution in [-0.2, 0) is 4.79 Å². The number of nitrogens with zero attached hydrogens (tertiary/aromatic N) is 1. The van der Waals surface area contributed by atoms with E-state index in [1.54, 1.807) is 17.4 Å². The maximum Gasteiger partial charge on any atom is 0.293 e. The maximum absolute atomic E-state index is 11.9. The van der Waals surface area contributed by atoms with Crippen LogP contribution in [0.2, 0.25) is 0 Å². The van der Waals surface area contributed by atoms with Crippen molar-refractivity contribution in [2.75, 3.05) is 7.05 Å². The Morgan fingerprint density at radius 1 is 1.00 bits per heavy atom. The smallest absolute Gasteiger partial charge is 0.272 e. The lowest BCUT2D eigenvalue weighted by atomic mass is 10.1. The van der Waals surface area contributed by atoms with Crippen LogP contribution < -0.4 is 0 Å². The van der Waals surface area contributed by atoms with Crippen LogP contribution in [0.1, 0.15) is 24.3 Å². The normalized spacial score (nSPS) is 14.7. The summed E-state index contributed by atoms with van der Waals surface area (Å²) in [6, 6.07) is 12.4. The largest absolute Gasteiger partial charge is 0.293 e. The summed E-state index contributed by atoms with van der Waals surface area (Å²) < 4.78 is 0. The molecule has 25 heavy (non-hydrogen) atoms. The Labute approximate surface area is 158 Å². The minimum atomic E-state index is -0.227. The van der Waals surface area contributed by atoms with Crippen molar-refractivity contribution in [3.8, 4) is 10.4 Å². The molecule has 5 heteroatoms. The van der Waals surface area contributed by atoms with E-state index >= 15 is 0 Å². The summed E-state index contributed by atoms with van der Waals surface area (Å²) in [4.78, 5) is 27.1. The number of thiophene rings is 1. The minimum Gasteiger partial charge on any atom is -0.272 e. The van der Waals surface area contributed by atoms with Gasteiger partial charge in [0.2, 0.25) is 0 Å². The first kappa shape index (κ1) is 20.9. The molecular weight excluding hydrogens is 350 g/mol. The summed E-state index contributed by atoms with van der Waals surface area (Å²) in [5.41, 5.74) is 2.39. The topological polar surface area (TPSA) is 37.4 Å². The van der Waals surface area contributed by atoms with Crippen molar-refractivity contribution in [1.82, 2.24) is 4.90 Å². The molecule has 0 spiro atoms. The van der Waals surface area contributed by atoms with Gasteiger partial charge in [-0.15, -0.1) is 24.5 Å². The molecule has 2 heterocycles. The van der Waals surface area contributed by atoms with E-state index in [-0.39, 0.29) is 11.1 Å². The Hall–Kier alpha value is -2.11. The molecule has 1 aliphatic heterocycles. The van der Waals surface area contributed by atoms with Gasteiger partial charge in [0.05, 0.1) is 4.91 Å². The molecule has 0 N–H and O–H groups in total. The molecule has 0 saturated carbocycles. The Kier molecular flexibility index (Phi) is 8.38. The van der Waals surface area contributed by atoms with Crippen LogP contribution in [0.15, 0.2) is 54.5 Å². The van der Waals surface area contributed by atoms with Crippen LogP contribution in [-0.4, -0.2) is 23.1 Å². The average Bonchev–Trinajstić information content (AvgIpc) is 3.20. The molecule has 0 atom stereocenters. The number of likely N-dealkylation sites (N-methyl/N-ethyl adjacent to an activating group) is 1. The van der Waals surface area contributed by atoms with Crippen LogP contribution in [0.5, 0.6) is 0 Å². The van der Waals surface area contributed by atoms with E-state index in [9.17, 15) is 9.59 Å². The van der Waals surface area contributed by atoms with Gasteiger partial charge in [-0.25, -0.2) is 0 Å². The van der Waals surface area contributed by atoms with Gasteiger partial charge in [-0.2, -0.15) is 0 Å². The highest BCUT2D eigenvalue weighted by Gasteiger charge is 2.31. The number of amides is 2. The number of benzene rings is 1. The molecule has 0 radical (unpaired) electrons. The molecular formula is C20H23NO2S2. The van der Waals surface area contributed by atoms with Crippen molar-refractivity contribution >= 4 is 40.3 Å². The van der Waals surface area contributed by atoms with Crippen molar-refractivity contribution in [3.63, 3.8) is 0 Å². The van der Waals surface area contributed by atoms with Gasteiger partial charge in [0, 0.05) is 16.8 Å². The first-order valence-corrected chi connectivity index (χ1v) is 9.56. The molecule has 2 amide bonds. The monoisotopic (exact) mass is 373 g/mol. The van der Waals surface area contributed by atoms with Crippen LogP contribution in [0.4, 0.5) is 4.79 Å². The van der Waals surface area contributed by atoms with E-state index in [1.807, 2.05) is 26.0 Å². The first-order valence-electron chi connectivity index (χ1n) is 7.93. The number of carbonyl (C=O) groups is 2. The van der Waals surface area contributed by atoms with Crippen molar-refractivity contribution in [2.45, 2.75) is 20.8 Å². The number of hydrogen-bond acceptors (Lipinski definition) is 4. The highest BCUT2D eigenvalue weighted by Crippen LogP contribution is 2.34. The van der Waals surface area contributed by atoms with E-state index in [0.29, 0.717) is 4.91 Å². The van der Waals surface area contributed by atoms with E-state index < -0.39 is 0 Å². The zero-order chi connectivity index (χ0) is 19.0. The molecule has 0 aliphatic carbocycles. The van der Waals surface area contributed by atoms with Gasteiger partial charge in [0.1, 0.15) is 0 Å². The summed E-state index contributed by atoms with van der Waals surface area (Å²) in [7, 11) is 1.50. The Morgan fingerprint density at radius 2 is 1.60 bits per heavy atom. The van der Waals surface area contributed by atoms with E-state index in [0.717, 1.165) is 32.0 Å². The third-order valence-corrected chi connectivity index (χ3v) is 5.26. The molecule has 1 aliphatic rings. The zero-order valence-electron chi connectivity index (χ0n) is 15.0. The molecule has 3 nitrogen and oxygen atoms in total. The molecule has 1 aromatic carbocycles. The number of carbonyl (C=O) groups excluding carboxylic acids is 2. The molecule has 1 fully saturated rings. The van der Waals surface area contributed by atoms with Crippen LogP contribution in [0, 0.1) is 6.92 Å². The fourth-order valence-corrected chi connectivity index (χ4v) is 3.83. The third-order valence-electron chi connectivity index (χ3n) is 3.22. The van der Waals surface area contributed by atoms with E-state index in [4.69, 9.17) is 0 Å². The summed E-state index contributed by atoms with van der Waals surface area (Å²) in [6.07, 6.45) is 1.79. The van der Waals surface area contributed by atoms with Gasteiger partial charge in [-0.05, 0) is 42.5 Å². The average molecular weight is 374 g/mol. The number of hydrogen-bond donors (Lipinski definition) is 0.